The van der Waals surface area contributed by atoms with Gasteiger partial charge in [0.2, 0.25) is 0 Å². The quantitative estimate of drug-likeness (QED) is 0.318. The molecule has 0 radical (unpaired) electrons. The SMILES string of the molecule is C/C=C\C=C/C(C)C1=C2C(=O)N(c3ccc(OC)cc3)C(c3ccccc3)=C2C(=O)N1c1ccc(OC)cc1. The molecule has 39 heavy (non-hydrogen) atoms. The summed E-state index contributed by atoms with van der Waals surface area (Å²) in [5.74, 6) is 0.673. The van der Waals surface area contributed by atoms with Crippen LogP contribution in [0.2, 0.25) is 0 Å². The molecule has 2 heterocycles. The Balaban J connectivity index is 1.76. The average Bonchev–Trinajstić information content (AvgIpc) is 3.45. The van der Waals surface area contributed by atoms with Crippen LogP contribution in [0, 0.1) is 5.92 Å². The Kier molecular flexibility index (Phi) is 7.19. The van der Waals surface area contributed by atoms with Gasteiger partial charge in [-0.1, -0.05) is 61.6 Å². The van der Waals surface area contributed by atoms with Gasteiger partial charge in [-0.2, -0.15) is 0 Å². The largest absolute Gasteiger partial charge is 0.497 e. The average molecular weight is 519 g/mol. The van der Waals surface area contributed by atoms with Gasteiger partial charge in [0, 0.05) is 23.0 Å². The van der Waals surface area contributed by atoms with Crippen molar-refractivity contribution < 1.29 is 19.1 Å². The maximum absolute atomic E-state index is 14.4. The third-order valence-electron chi connectivity index (χ3n) is 6.88. The normalized spacial score (nSPS) is 16.2. The highest BCUT2D eigenvalue weighted by molar-refractivity contribution is 6.36. The molecule has 3 aromatic carbocycles. The van der Waals surface area contributed by atoms with Crippen molar-refractivity contribution in [2.75, 3.05) is 24.0 Å². The third kappa shape index (κ3) is 4.55. The van der Waals surface area contributed by atoms with Crippen LogP contribution in [0.25, 0.3) is 5.70 Å². The van der Waals surface area contributed by atoms with Gasteiger partial charge in [-0.25, -0.2) is 0 Å². The van der Waals surface area contributed by atoms with E-state index >= 15 is 0 Å². The van der Waals surface area contributed by atoms with Crippen molar-refractivity contribution in [3.05, 3.63) is 126 Å². The first-order valence-electron chi connectivity index (χ1n) is 12.8. The van der Waals surface area contributed by atoms with Crippen LogP contribution in [-0.4, -0.2) is 26.0 Å². The number of methoxy groups -OCH3 is 2. The van der Waals surface area contributed by atoms with Gasteiger partial charge in [0.1, 0.15) is 11.5 Å². The van der Waals surface area contributed by atoms with E-state index in [2.05, 4.69) is 0 Å². The van der Waals surface area contributed by atoms with E-state index in [0.29, 0.717) is 45.4 Å². The maximum atomic E-state index is 14.4. The van der Waals surface area contributed by atoms with Crippen LogP contribution >= 0.6 is 0 Å². The van der Waals surface area contributed by atoms with Gasteiger partial charge in [-0.15, -0.1) is 0 Å². The summed E-state index contributed by atoms with van der Waals surface area (Å²) in [6.45, 7) is 3.94. The number of nitrogens with zero attached hydrogens (tertiary/aromatic N) is 2. The van der Waals surface area contributed by atoms with Gasteiger partial charge in [0.25, 0.3) is 11.8 Å². The van der Waals surface area contributed by atoms with E-state index in [4.69, 9.17) is 9.47 Å². The second-order valence-electron chi connectivity index (χ2n) is 9.23. The molecule has 0 saturated heterocycles. The monoisotopic (exact) mass is 518 g/mol. The fourth-order valence-corrected chi connectivity index (χ4v) is 5.03. The molecule has 6 nitrogen and oxygen atoms in total. The summed E-state index contributed by atoms with van der Waals surface area (Å²) in [5.41, 5.74) is 4.16. The zero-order valence-corrected chi connectivity index (χ0v) is 22.4. The van der Waals surface area contributed by atoms with Crippen LogP contribution in [0.4, 0.5) is 11.4 Å². The van der Waals surface area contributed by atoms with E-state index < -0.39 is 0 Å². The molecule has 196 valence electrons. The van der Waals surface area contributed by atoms with Gasteiger partial charge in [-0.3, -0.25) is 19.4 Å². The number of amides is 2. The molecule has 1 atom stereocenters. The van der Waals surface area contributed by atoms with E-state index in [-0.39, 0.29) is 17.7 Å². The summed E-state index contributed by atoms with van der Waals surface area (Å²) in [6.07, 6.45) is 7.81. The fraction of sp³-hybridized carbons (Fsp3) is 0.152. The number of ether oxygens (including phenoxy) is 2. The van der Waals surface area contributed by atoms with Crippen LogP contribution in [-0.2, 0) is 9.59 Å². The van der Waals surface area contributed by atoms with Crippen molar-refractivity contribution in [1.82, 2.24) is 0 Å². The van der Waals surface area contributed by atoms with E-state index in [0.717, 1.165) is 5.56 Å². The topological polar surface area (TPSA) is 59.1 Å². The predicted octanol–water partition coefficient (Wildman–Crippen LogP) is 6.53. The molecule has 2 amide bonds. The van der Waals surface area contributed by atoms with Crippen LogP contribution < -0.4 is 19.3 Å². The lowest BCUT2D eigenvalue weighted by Gasteiger charge is -2.27. The number of hydrogen-bond donors (Lipinski definition) is 0. The lowest BCUT2D eigenvalue weighted by atomic mass is 9.99. The van der Waals surface area contributed by atoms with E-state index in [1.54, 1.807) is 24.0 Å². The molecule has 0 bridgehead atoms. The minimum Gasteiger partial charge on any atom is -0.497 e. The Morgan fingerprint density at radius 1 is 0.692 bits per heavy atom. The molecule has 3 aromatic rings. The lowest BCUT2D eigenvalue weighted by Crippen LogP contribution is -2.32. The number of anilines is 2. The molecule has 0 aliphatic carbocycles. The number of allylic oxidation sites excluding steroid dienone is 4. The molecule has 0 aromatic heterocycles. The molecule has 0 saturated carbocycles. The van der Waals surface area contributed by atoms with Gasteiger partial charge < -0.3 is 9.47 Å². The zero-order chi connectivity index (χ0) is 27.5. The van der Waals surface area contributed by atoms with E-state index in [1.165, 1.54) is 0 Å². The Hall–Kier alpha value is -4.84. The minimum atomic E-state index is -0.236. The van der Waals surface area contributed by atoms with Crippen molar-refractivity contribution >= 4 is 28.9 Å². The Morgan fingerprint density at radius 2 is 1.23 bits per heavy atom. The molecular weight excluding hydrogens is 488 g/mol. The molecule has 2 aliphatic heterocycles. The number of carbonyl (C=O) groups excluding carboxylic acids is 2. The summed E-state index contributed by atoms with van der Waals surface area (Å²) in [4.78, 5) is 32.0. The highest BCUT2D eigenvalue weighted by Gasteiger charge is 2.50. The number of carbonyl (C=O) groups is 2. The summed E-state index contributed by atoms with van der Waals surface area (Å²) in [6, 6.07) is 24.2. The number of rotatable bonds is 8. The standard InChI is InChI=1S/C33H30N2O4/c1-5-6-8-11-22(2)30-28-29(33(37)34(30)24-14-18-26(38-3)19-15-24)31(23-12-9-7-10-13-23)35(32(28)36)25-16-20-27(39-4)21-17-25/h5-22H,1-4H3/b6-5-,11-8-. The third-order valence-corrected chi connectivity index (χ3v) is 6.88. The van der Waals surface area contributed by atoms with Crippen molar-refractivity contribution in [2.24, 2.45) is 5.92 Å². The summed E-state index contributed by atoms with van der Waals surface area (Å²) in [7, 11) is 3.20. The fourth-order valence-electron chi connectivity index (χ4n) is 5.03. The predicted molar refractivity (Wildman–Crippen MR) is 154 cm³/mol. The van der Waals surface area contributed by atoms with Gasteiger partial charge in [0.15, 0.2) is 0 Å². The molecule has 0 N–H and O–H groups in total. The Bertz CT molecular complexity index is 1510. The number of fused-ring (bicyclic) bond motifs is 1. The molecule has 1 unspecified atom stereocenters. The lowest BCUT2D eigenvalue weighted by molar-refractivity contribution is -0.115. The summed E-state index contributed by atoms with van der Waals surface area (Å²) < 4.78 is 10.7. The van der Waals surface area contributed by atoms with Crippen LogP contribution in [0.5, 0.6) is 11.5 Å². The number of hydrogen-bond acceptors (Lipinski definition) is 4. The highest BCUT2D eigenvalue weighted by atomic mass is 16.5. The molecule has 2 aliphatic rings. The molecule has 0 spiro atoms. The number of benzene rings is 3. The van der Waals surface area contributed by atoms with Crippen LogP contribution in [0.1, 0.15) is 19.4 Å². The highest BCUT2D eigenvalue weighted by Crippen LogP contribution is 2.48. The smallest absolute Gasteiger partial charge is 0.265 e. The molecule has 0 fully saturated rings. The first-order valence-corrected chi connectivity index (χ1v) is 12.8. The van der Waals surface area contributed by atoms with Gasteiger partial charge >= 0.3 is 0 Å². The van der Waals surface area contributed by atoms with Crippen LogP contribution in [0.3, 0.4) is 0 Å². The van der Waals surface area contributed by atoms with Gasteiger partial charge in [-0.05, 0) is 61.0 Å². The Morgan fingerprint density at radius 3 is 1.77 bits per heavy atom. The second-order valence-corrected chi connectivity index (χ2v) is 9.23. The second kappa shape index (κ2) is 10.9. The molecular formula is C33H30N2O4. The van der Waals surface area contributed by atoms with Crippen molar-refractivity contribution in [2.45, 2.75) is 13.8 Å². The summed E-state index contributed by atoms with van der Waals surface area (Å²) >= 11 is 0. The van der Waals surface area contributed by atoms with Crippen LogP contribution in [0.15, 0.2) is 120 Å². The maximum Gasteiger partial charge on any atom is 0.265 e. The molecule has 5 rings (SSSR count). The van der Waals surface area contributed by atoms with E-state index in [9.17, 15) is 9.59 Å². The first-order chi connectivity index (χ1) is 19.0. The van der Waals surface area contributed by atoms with Gasteiger partial charge in [0.05, 0.1) is 31.1 Å². The van der Waals surface area contributed by atoms with E-state index in [1.807, 2.05) is 117 Å². The molecule has 6 heteroatoms. The van der Waals surface area contributed by atoms with Crippen molar-refractivity contribution in [3.63, 3.8) is 0 Å². The Labute approximate surface area is 228 Å². The first kappa shape index (κ1) is 25.8. The minimum absolute atomic E-state index is 0.225. The van der Waals surface area contributed by atoms with Crippen molar-refractivity contribution in [1.29, 1.82) is 0 Å². The summed E-state index contributed by atoms with van der Waals surface area (Å²) in [5, 5.41) is 0. The zero-order valence-electron chi connectivity index (χ0n) is 22.4. The van der Waals surface area contributed by atoms with Crippen molar-refractivity contribution in [3.8, 4) is 11.5 Å².